The fourth-order valence-electron chi connectivity index (χ4n) is 2.52. The van der Waals surface area contributed by atoms with Crippen molar-refractivity contribution in [3.05, 3.63) is 0 Å². The summed E-state index contributed by atoms with van der Waals surface area (Å²) in [4.78, 5) is 48.1. The first kappa shape index (κ1) is 27.1. The molecule has 0 saturated carbocycles. The van der Waals surface area contributed by atoms with Crippen LogP contribution < -0.4 is 21.7 Å². The Morgan fingerprint density at radius 2 is 1.28 bits per heavy atom. The van der Waals surface area contributed by atoms with E-state index >= 15 is 0 Å². The lowest BCUT2D eigenvalue weighted by atomic mass is 10.0. The molecule has 11 heteroatoms. The van der Waals surface area contributed by atoms with Crippen LogP contribution in [0.5, 0.6) is 0 Å². The van der Waals surface area contributed by atoms with Crippen molar-refractivity contribution in [1.82, 2.24) is 16.0 Å². The molecule has 0 aliphatic heterocycles. The molecule has 0 heterocycles. The molecule has 0 spiro atoms. The van der Waals surface area contributed by atoms with Gasteiger partial charge in [-0.15, -0.1) is 0 Å². The molecular weight excluding hydrogens is 400 g/mol. The van der Waals surface area contributed by atoms with Crippen LogP contribution in [-0.2, 0) is 19.2 Å². The van der Waals surface area contributed by atoms with Gasteiger partial charge in [0, 0.05) is 5.75 Å². The van der Waals surface area contributed by atoms with Crippen molar-refractivity contribution in [3.63, 3.8) is 0 Å². The van der Waals surface area contributed by atoms with Gasteiger partial charge in [-0.05, 0) is 24.7 Å². The Labute approximate surface area is 176 Å². The van der Waals surface area contributed by atoms with Gasteiger partial charge in [-0.25, -0.2) is 4.79 Å². The van der Waals surface area contributed by atoms with E-state index < -0.39 is 54.5 Å². The molecule has 0 fully saturated rings. The number of nitrogens with two attached hydrogens (primary N) is 1. The lowest BCUT2D eigenvalue weighted by Gasteiger charge is -2.24. The minimum atomic E-state index is -1.37. The predicted octanol–water partition coefficient (Wildman–Crippen LogP) is -1.13. The van der Waals surface area contributed by atoms with E-state index in [1.807, 2.05) is 13.8 Å². The van der Waals surface area contributed by atoms with Gasteiger partial charge >= 0.3 is 5.97 Å². The number of amides is 3. The average Bonchev–Trinajstić information content (AvgIpc) is 2.61. The summed E-state index contributed by atoms with van der Waals surface area (Å²) in [7, 11) is 0. The van der Waals surface area contributed by atoms with Crippen LogP contribution in [0.3, 0.4) is 0 Å². The quantitative estimate of drug-likeness (QED) is 0.180. The lowest BCUT2D eigenvalue weighted by molar-refractivity contribution is -0.143. The van der Waals surface area contributed by atoms with E-state index in [1.54, 1.807) is 13.8 Å². The van der Waals surface area contributed by atoms with Crippen molar-refractivity contribution in [2.45, 2.75) is 64.7 Å². The highest BCUT2D eigenvalue weighted by atomic mass is 32.1. The third kappa shape index (κ3) is 10.5. The van der Waals surface area contributed by atoms with E-state index in [0.717, 1.165) is 0 Å². The Morgan fingerprint density at radius 3 is 1.69 bits per heavy atom. The van der Waals surface area contributed by atoms with Crippen molar-refractivity contribution in [2.24, 2.45) is 17.6 Å². The van der Waals surface area contributed by atoms with Crippen molar-refractivity contribution >= 4 is 36.3 Å². The summed E-state index contributed by atoms with van der Waals surface area (Å²) >= 11 is 4.03. The smallest absolute Gasteiger partial charge is 0.326 e. The molecule has 3 amide bonds. The molecule has 0 saturated heterocycles. The molecule has 0 aromatic carbocycles. The molecule has 0 aliphatic rings. The first-order valence-corrected chi connectivity index (χ1v) is 10.2. The summed E-state index contributed by atoms with van der Waals surface area (Å²) in [6.45, 7) is 6.68. The minimum Gasteiger partial charge on any atom is -0.480 e. The Balaban J connectivity index is 4.98. The van der Waals surface area contributed by atoms with Crippen LogP contribution in [0.25, 0.3) is 0 Å². The van der Waals surface area contributed by atoms with E-state index in [4.69, 9.17) is 5.73 Å². The first-order valence-electron chi connectivity index (χ1n) is 9.54. The SMILES string of the molecule is CC(C)CC(N)C(=O)NC(CS)C(=O)NC(CO)C(=O)NC(CC(C)C)C(=O)O. The normalized spacial score (nSPS) is 15.3. The van der Waals surface area contributed by atoms with Crippen LogP contribution in [0, 0.1) is 11.8 Å². The van der Waals surface area contributed by atoms with E-state index in [-0.39, 0.29) is 24.0 Å². The highest BCUT2D eigenvalue weighted by Gasteiger charge is 2.29. The monoisotopic (exact) mass is 434 g/mol. The van der Waals surface area contributed by atoms with Crippen LogP contribution in [-0.4, -0.2) is 70.4 Å². The predicted molar refractivity (Wildman–Crippen MR) is 111 cm³/mol. The molecule has 10 nitrogen and oxygen atoms in total. The summed E-state index contributed by atoms with van der Waals surface area (Å²) in [5, 5.41) is 25.7. The van der Waals surface area contributed by atoms with Gasteiger partial charge in [0.2, 0.25) is 17.7 Å². The second-order valence-corrected chi connectivity index (χ2v) is 8.12. The van der Waals surface area contributed by atoms with Crippen molar-refractivity contribution < 1.29 is 29.4 Å². The van der Waals surface area contributed by atoms with Gasteiger partial charge < -0.3 is 31.9 Å². The van der Waals surface area contributed by atoms with Crippen molar-refractivity contribution in [1.29, 1.82) is 0 Å². The maximum atomic E-state index is 12.4. The molecule has 7 N–H and O–H groups in total. The van der Waals surface area contributed by atoms with Crippen LogP contribution in [0.15, 0.2) is 0 Å². The number of aliphatic hydroxyl groups excluding tert-OH is 1. The molecule has 29 heavy (non-hydrogen) atoms. The molecule has 0 aromatic heterocycles. The molecule has 0 aliphatic carbocycles. The van der Waals surface area contributed by atoms with Crippen molar-refractivity contribution in [2.75, 3.05) is 12.4 Å². The van der Waals surface area contributed by atoms with E-state index in [2.05, 4.69) is 28.6 Å². The number of hydrogen-bond donors (Lipinski definition) is 7. The number of thiol groups is 1. The molecule has 0 radical (unpaired) electrons. The fraction of sp³-hybridized carbons (Fsp3) is 0.778. The standard InChI is InChI=1S/C18H34N4O6S/c1-9(2)5-11(19)15(24)22-14(8-29)17(26)21-13(7-23)16(25)20-12(18(27)28)6-10(3)4/h9-14,23,29H,5-8,19H2,1-4H3,(H,20,25)(H,21,26)(H,22,24)(H,27,28). The number of hydrogen-bond acceptors (Lipinski definition) is 7. The van der Waals surface area contributed by atoms with Crippen LogP contribution in [0.1, 0.15) is 40.5 Å². The zero-order valence-electron chi connectivity index (χ0n) is 17.3. The first-order chi connectivity index (χ1) is 13.4. The third-order valence-electron chi connectivity index (χ3n) is 4.01. The van der Waals surface area contributed by atoms with E-state index in [1.165, 1.54) is 0 Å². The summed E-state index contributed by atoms with van der Waals surface area (Å²) < 4.78 is 0. The largest absolute Gasteiger partial charge is 0.480 e. The Kier molecular flexibility index (Phi) is 12.5. The molecule has 4 unspecified atom stereocenters. The van der Waals surface area contributed by atoms with E-state index in [9.17, 15) is 29.4 Å². The van der Waals surface area contributed by atoms with Gasteiger partial charge in [0.25, 0.3) is 0 Å². The van der Waals surface area contributed by atoms with Gasteiger partial charge in [0.05, 0.1) is 12.6 Å². The highest BCUT2D eigenvalue weighted by molar-refractivity contribution is 7.80. The van der Waals surface area contributed by atoms with Gasteiger partial charge in [-0.2, -0.15) is 12.6 Å². The Hall–Kier alpha value is -1.85. The number of nitrogens with one attached hydrogen (secondary N) is 3. The topological polar surface area (TPSA) is 171 Å². The molecule has 0 aromatic rings. The third-order valence-corrected chi connectivity index (χ3v) is 4.38. The number of carbonyl (C=O) groups is 4. The molecular formula is C18H34N4O6S. The van der Waals surface area contributed by atoms with Crippen molar-refractivity contribution in [3.8, 4) is 0 Å². The second kappa shape index (κ2) is 13.4. The molecule has 0 bridgehead atoms. The maximum absolute atomic E-state index is 12.4. The van der Waals surface area contributed by atoms with Crippen LogP contribution >= 0.6 is 12.6 Å². The summed E-state index contributed by atoms with van der Waals surface area (Å²) in [5.41, 5.74) is 5.79. The Bertz CT molecular complexity index is 573. The number of carboxylic acid groups (broad SMARTS) is 1. The number of rotatable bonds is 13. The Morgan fingerprint density at radius 1 is 0.828 bits per heavy atom. The van der Waals surface area contributed by atoms with Crippen LogP contribution in [0.2, 0.25) is 0 Å². The number of aliphatic carboxylic acids is 1. The van der Waals surface area contributed by atoms with E-state index in [0.29, 0.717) is 6.42 Å². The fourth-order valence-corrected chi connectivity index (χ4v) is 2.78. The van der Waals surface area contributed by atoms with Gasteiger partial charge in [-0.1, -0.05) is 27.7 Å². The van der Waals surface area contributed by atoms with Gasteiger partial charge in [0.15, 0.2) is 0 Å². The molecule has 0 rings (SSSR count). The zero-order valence-corrected chi connectivity index (χ0v) is 18.2. The summed E-state index contributed by atoms with van der Waals surface area (Å²) in [6.07, 6.45) is 0.622. The number of carboxylic acids is 1. The summed E-state index contributed by atoms with van der Waals surface area (Å²) in [6, 6.07) is -4.39. The second-order valence-electron chi connectivity index (χ2n) is 7.75. The highest BCUT2D eigenvalue weighted by Crippen LogP contribution is 2.06. The van der Waals surface area contributed by atoms with Gasteiger partial charge in [-0.3, -0.25) is 14.4 Å². The maximum Gasteiger partial charge on any atom is 0.326 e. The number of carbonyl (C=O) groups excluding carboxylic acids is 3. The molecule has 4 atom stereocenters. The van der Waals surface area contributed by atoms with Crippen LogP contribution in [0.4, 0.5) is 0 Å². The lowest BCUT2D eigenvalue weighted by Crippen LogP contribution is -2.58. The average molecular weight is 435 g/mol. The van der Waals surface area contributed by atoms with Gasteiger partial charge in [0.1, 0.15) is 18.1 Å². The molecule has 168 valence electrons. The zero-order chi connectivity index (χ0) is 22.7. The summed E-state index contributed by atoms with van der Waals surface area (Å²) in [5.74, 6) is -3.18. The minimum absolute atomic E-state index is 0.0115. The number of aliphatic hydroxyl groups is 1.